The molecule has 0 aliphatic rings. The Morgan fingerprint density at radius 3 is 1.24 bits per heavy atom. The fourth-order valence-electron chi connectivity index (χ4n) is 1.12. The zero-order valence-corrected chi connectivity index (χ0v) is 9.81. The van der Waals surface area contributed by atoms with Crippen molar-refractivity contribution < 1.29 is 21.2 Å². The molecule has 0 heterocycles. The van der Waals surface area contributed by atoms with Gasteiger partial charge in [0.1, 0.15) is 0 Å². The molecule has 0 saturated carbocycles. The van der Waals surface area contributed by atoms with E-state index in [-0.39, 0.29) is 52.0 Å². The predicted octanol–water partition coefficient (Wildman–Crippen LogP) is 4.37. The van der Waals surface area contributed by atoms with Gasteiger partial charge in [0.25, 0.3) is 0 Å². The number of rotatable bonds is 5. The maximum absolute atomic E-state index is 2.41. The zero-order chi connectivity index (χ0) is 7.98. The minimum absolute atomic E-state index is 0. The summed E-state index contributed by atoms with van der Waals surface area (Å²) in [6, 6.07) is 0. The Morgan fingerprint density at radius 2 is 1.06 bits per heavy atom. The molecular weight excluding hydrogens is 319 g/mol. The van der Waals surface area contributed by atoms with E-state index in [4.69, 9.17) is 0 Å². The molecule has 0 aliphatic heterocycles. The Balaban J connectivity index is -0.0000000193. The maximum atomic E-state index is 2.41. The average Bonchev–Trinajstić information content (AvgIpc) is 1.99. The number of hydrogen-bond acceptors (Lipinski definition) is 0. The van der Waals surface area contributed by atoms with Crippen LogP contribution in [0.15, 0.2) is 0 Å². The van der Waals surface area contributed by atoms with Crippen LogP contribution in [0.4, 0.5) is 0 Å². The molecule has 0 aromatic heterocycles. The van der Waals surface area contributed by atoms with Crippen molar-refractivity contribution in [2.24, 2.45) is 5.92 Å². The van der Waals surface area contributed by atoms with E-state index in [1.807, 2.05) is 0 Å². The van der Waals surface area contributed by atoms with Gasteiger partial charge in [0.05, 0.1) is 0 Å². The second-order valence-corrected chi connectivity index (χ2v) is 6.74. The van der Waals surface area contributed by atoms with Crippen LogP contribution in [-0.4, -0.2) is 8.35 Å². The molecule has 0 amide bonds. The van der Waals surface area contributed by atoms with Crippen LogP contribution in [-0.2, 0) is 0 Å². The summed E-state index contributed by atoms with van der Waals surface area (Å²) in [7, 11) is 0. The molecule has 0 radical (unpaired) electrons. The van der Waals surface area contributed by atoms with Crippen molar-refractivity contribution in [1.29, 1.82) is 0 Å². The zero-order valence-electron chi connectivity index (χ0n) is 7.65. The molecule has 0 aliphatic carbocycles. The molecule has 0 nitrogen and oxygen atoms in total. The standard InChI is InChI=1S/C9H20I.7CH4/c1-5-8(4)9(6-2)10-7-3;;;;;;;/h8-9H,5-7H2,1-4H3;7*1H4/q-1;;;;;;;. The van der Waals surface area contributed by atoms with Gasteiger partial charge in [-0.1, -0.05) is 52.0 Å². The Bertz CT molecular complexity index is 71.9. The summed E-state index contributed by atoms with van der Waals surface area (Å²) >= 11 is 0.515. The second kappa shape index (κ2) is 36.0. The van der Waals surface area contributed by atoms with Crippen LogP contribution >= 0.6 is 0 Å². The van der Waals surface area contributed by atoms with Crippen molar-refractivity contribution in [2.45, 2.75) is 96.4 Å². The summed E-state index contributed by atoms with van der Waals surface area (Å²) in [4.78, 5) is 0. The SMILES string of the molecule is C.C.C.C.C.C.C.CC[I-]C(CC)C(C)CC. The van der Waals surface area contributed by atoms with Gasteiger partial charge in [-0.3, -0.25) is 0 Å². The van der Waals surface area contributed by atoms with Crippen LogP contribution in [0, 0.1) is 5.92 Å². The van der Waals surface area contributed by atoms with E-state index in [1.165, 1.54) is 17.3 Å². The number of halogens is 1. The van der Waals surface area contributed by atoms with E-state index in [0.717, 1.165) is 9.84 Å². The van der Waals surface area contributed by atoms with Gasteiger partial charge in [-0.15, -0.1) is 0 Å². The molecule has 2 atom stereocenters. The first-order chi connectivity index (χ1) is 4.76. The molecule has 0 aromatic rings. The van der Waals surface area contributed by atoms with Gasteiger partial charge in [-0.25, -0.2) is 0 Å². The second-order valence-electron chi connectivity index (χ2n) is 2.73. The van der Waals surface area contributed by atoms with Gasteiger partial charge in [0.2, 0.25) is 0 Å². The van der Waals surface area contributed by atoms with Crippen molar-refractivity contribution in [3.8, 4) is 0 Å². The Labute approximate surface area is 128 Å². The quantitative estimate of drug-likeness (QED) is 0.500. The van der Waals surface area contributed by atoms with E-state index in [9.17, 15) is 0 Å². The summed E-state index contributed by atoms with van der Waals surface area (Å²) in [6.45, 7) is 9.39. The van der Waals surface area contributed by atoms with Gasteiger partial charge < -0.3 is 0 Å². The van der Waals surface area contributed by atoms with Gasteiger partial charge >= 0.3 is 76.0 Å². The third-order valence-electron chi connectivity index (χ3n) is 2.00. The van der Waals surface area contributed by atoms with Gasteiger partial charge in [0.15, 0.2) is 0 Å². The first kappa shape index (κ1) is 52.4. The molecule has 0 aromatic carbocycles. The molecule has 0 saturated heterocycles. The molecule has 0 N–H and O–H groups in total. The minimum atomic E-state index is 0. The Hall–Kier alpha value is 0.730. The molecule has 0 spiro atoms. The summed E-state index contributed by atoms with van der Waals surface area (Å²) in [5, 5.41) is 0. The van der Waals surface area contributed by atoms with Gasteiger partial charge in [-0.2, -0.15) is 0 Å². The molecule has 120 valence electrons. The third kappa shape index (κ3) is 26.4. The van der Waals surface area contributed by atoms with Crippen molar-refractivity contribution in [3.63, 3.8) is 0 Å². The molecular formula is C16H48I-. The first-order valence-corrected chi connectivity index (χ1v) is 7.11. The van der Waals surface area contributed by atoms with E-state index >= 15 is 0 Å². The first-order valence-electron chi connectivity index (χ1n) is 4.33. The van der Waals surface area contributed by atoms with Crippen LogP contribution < -0.4 is 21.2 Å². The number of alkyl halides is 2. The van der Waals surface area contributed by atoms with Gasteiger partial charge in [0, 0.05) is 0 Å². The Kier molecular flexibility index (Phi) is 111. The van der Waals surface area contributed by atoms with Crippen molar-refractivity contribution >= 4 is 0 Å². The van der Waals surface area contributed by atoms with E-state index in [2.05, 4.69) is 27.7 Å². The summed E-state index contributed by atoms with van der Waals surface area (Å²) < 4.78 is 2.55. The molecule has 1 heteroatoms. The van der Waals surface area contributed by atoms with E-state index < -0.39 is 0 Å². The van der Waals surface area contributed by atoms with E-state index in [1.54, 1.807) is 0 Å². The molecule has 0 bridgehead atoms. The van der Waals surface area contributed by atoms with Gasteiger partial charge in [-0.05, 0) is 0 Å². The van der Waals surface area contributed by atoms with E-state index in [0.29, 0.717) is 21.2 Å². The fraction of sp³-hybridized carbons (Fsp3) is 1.00. The third-order valence-corrected chi connectivity index (χ3v) is 6.12. The summed E-state index contributed by atoms with van der Waals surface area (Å²) in [6.07, 6.45) is 2.79. The predicted molar refractivity (Wildman–Crippen MR) is 91.2 cm³/mol. The molecule has 17 heavy (non-hydrogen) atoms. The van der Waals surface area contributed by atoms with Crippen LogP contribution in [0.1, 0.15) is 92.5 Å². The van der Waals surface area contributed by atoms with Crippen LogP contribution in [0.3, 0.4) is 0 Å². The fourth-order valence-corrected chi connectivity index (χ4v) is 4.25. The van der Waals surface area contributed by atoms with Crippen molar-refractivity contribution in [2.75, 3.05) is 4.43 Å². The van der Waals surface area contributed by atoms with Crippen molar-refractivity contribution in [1.82, 2.24) is 0 Å². The van der Waals surface area contributed by atoms with Crippen LogP contribution in [0.2, 0.25) is 0 Å². The molecule has 2 unspecified atom stereocenters. The van der Waals surface area contributed by atoms with Crippen LogP contribution in [0.5, 0.6) is 0 Å². The summed E-state index contributed by atoms with van der Waals surface area (Å²) in [5.74, 6) is 0.984. The number of hydrogen-bond donors (Lipinski definition) is 0. The molecule has 0 fully saturated rings. The normalized spacial score (nSPS) is 10.1. The average molecular weight is 367 g/mol. The Morgan fingerprint density at radius 1 is 0.706 bits per heavy atom. The topological polar surface area (TPSA) is 0 Å². The van der Waals surface area contributed by atoms with Crippen molar-refractivity contribution in [3.05, 3.63) is 0 Å². The van der Waals surface area contributed by atoms with Crippen LogP contribution in [0.25, 0.3) is 0 Å². The summed E-state index contributed by atoms with van der Waals surface area (Å²) in [5.41, 5.74) is 0. The molecule has 0 rings (SSSR count). The monoisotopic (exact) mass is 367 g/mol.